The monoisotopic (exact) mass is 204 g/mol. The van der Waals surface area contributed by atoms with Gasteiger partial charge in [0, 0.05) is 25.0 Å². The lowest BCUT2D eigenvalue weighted by Crippen LogP contribution is -2.39. The molecule has 2 nitrogen and oxygen atoms in total. The van der Waals surface area contributed by atoms with Crippen LogP contribution in [0.25, 0.3) is 0 Å². The number of hydrogen-bond donors (Lipinski definition) is 0. The van der Waals surface area contributed by atoms with E-state index in [1.54, 1.807) is 0 Å². The van der Waals surface area contributed by atoms with Gasteiger partial charge in [-0.15, -0.1) is 0 Å². The largest absolute Gasteiger partial charge is 0.343 e. The molecule has 0 bridgehead atoms. The fourth-order valence-electron chi connectivity index (χ4n) is 2.86. The van der Waals surface area contributed by atoms with Crippen molar-refractivity contribution in [2.75, 3.05) is 13.6 Å². The molecule has 1 saturated carbocycles. The predicted octanol–water partition coefficient (Wildman–Crippen LogP) is 2.55. The van der Waals surface area contributed by atoms with Crippen molar-refractivity contribution in [1.82, 2.24) is 9.47 Å². The molecule has 1 spiro atoms. The fraction of sp³-hybridized carbons (Fsp3) is 0.692. The van der Waals surface area contributed by atoms with Crippen molar-refractivity contribution in [3.63, 3.8) is 0 Å². The average Bonchev–Trinajstić information content (AvgIpc) is 2.77. The van der Waals surface area contributed by atoms with Crippen LogP contribution in [0.3, 0.4) is 0 Å². The second-order valence-corrected chi connectivity index (χ2v) is 5.69. The van der Waals surface area contributed by atoms with Gasteiger partial charge in [0.05, 0.1) is 5.54 Å². The molecule has 2 aliphatic rings. The average molecular weight is 204 g/mol. The summed E-state index contributed by atoms with van der Waals surface area (Å²) in [6, 6.07) is 2.40. The quantitative estimate of drug-likeness (QED) is 0.682. The molecule has 0 aromatic carbocycles. The highest BCUT2D eigenvalue weighted by atomic mass is 15.3. The van der Waals surface area contributed by atoms with E-state index in [2.05, 4.69) is 42.6 Å². The second-order valence-electron chi connectivity index (χ2n) is 5.69. The molecule has 82 valence electrons. The Kier molecular flexibility index (Phi) is 1.82. The molecular weight excluding hydrogens is 184 g/mol. The summed E-state index contributed by atoms with van der Waals surface area (Å²) in [5.41, 5.74) is 3.51. The van der Waals surface area contributed by atoms with Gasteiger partial charge in [0.1, 0.15) is 0 Å². The molecule has 3 rings (SSSR count). The molecule has 0 atom stereocenters. The predicted molar refractivity (Wildman–Crippen MR) is 62.1 cm³/mol. The van der Waals surface area contributed by atoms with Crippen LogP contribution < -0.4 is 0 Å². The molecule has 0 saturated heterocycles. The number of aromatic nitrogens is 1. The lowest BCUT2D eigenvalue weighted by molar-refractivity contribution is 0.208. The van der Waals surface area contributed by atoms with Gasteiger partial charge in [-0.2, -0.15) is 0 Å². The van der Waals surface area contributed by atoms with E-state index in [1.807, 2.05) is 0 Å². The Labute approximate surface area is 91.9 Å². The summed E-state index contributed by atoms with van der Waals surface area (Å²) in [4.78, 5) is 2.46. The Morgan fingerprint density at radius 3 is 2.67 bits per heavy atom. The Balaban J connectivity index is 2.05. The van der Waals surface area contributed by atoms with Crippen LogP contribution >= 0.6 is 0 Å². The summed E-state index contributed by atoms with van der Waals surface area (Å²) < 4.78 is 2.57. The number of rotatable bonds is 1. The van der Waals surface area contributed by atoms with Crippen LogP contribution in [0.4, 0.5) is 0 Å². The van der Waals surface area contributed by atoms with E-state index >= 15 is 0 Å². The second kappa shape index (κ2) is 2.88. The van der Waals surface area contributed by atoms with E-state index in [1.165, 1.54) is 30.6 Å². The van der Waals surface area contributed by atoms with Gasteiger partial charge in [-0.3, -0.25) is 4.90 Å². The molecule has 0 amide bonds. The van der Waals surface area contributed by atoms with Gasteiger partial charge in [0.2, 0.25) is 0 Å². The summed E-state index contributed by atoms with van der Waals surface area (Å²) in [5, 5.41) is 0. The number of hydrogen-bond acceptors (Lipinski definition) is 1. The van der Waals surface area contributed by atoms with Gasteiger partial charge in [-0.05, 0) is 37.4 Å². The summed E-state index contributed by atoms with van der Waals surface area (Å²) in [7, 11) is 2.24. The summed E-state index contributed by atoms with van der Waals surface area (Å²) in [5.74, 6) is 0.657. The van der Waals surface area contributed by atoms with E-state index in [9.17, 15) is 0 Å². The highest BCUT2D eigenvalue weighted by molar-refractivity contribution is 5.27. The van der Waals surface area contributed by atoms with Crippen LogP contribution in [0, 0.1) is 0 Å². The molecule has 1 aliphatic heterocycles. The molecular formula is C13H20N2. The van der Waals surface area contributed by atoms with E-state index < -0.39 is 0 Å². The van der Waals surface area contributed by atoms with Gasteiger partial charge < -0.3 is 4.57 Å². The molecule has 1 fully saturated rings. The Hall–Kier alpha value is -0.760. The highest BCUT2D eigenvalue weighted by Crippen LogP contribution is 2.48. The first-order valence-corrected chi connectivity index (χ1v) is 6.01. The van der Waals surface area contributed by atoms with Crippen molar-refractivity contribution in [1.29, 1.82) is 0 Å². The maximum Gasteiger partial charge on any atom is 0.0571 e. The van der Waals surface area contributed by atoms with Crippen LogP contribution in [-0.2, 0) is 12.1 Å². The molecule has 2 heteroatoms. The Morgan fingerprint density at radius 2 is 2.07 bits per heavy atom. The van der Waals surface area contributed by atoms with E-state index in [4.69, 9.17) is 0 Å². The molecule has 1 aromatic heterocycles. The molecule has 1 aromatic rings. The first kappa shape index (κ1) is 9.46. The van der Waals surface area contributed by atoms with Crippen LogP contribution in [0.1, 0.15) is 43.9 Å². The van der Waals surface area contributed by atoms with Crippen molar-refractivity contribution < 1.29 is 0 Å². The van der Waals surface area contributed by atoms with Crippen LogP contribution in [-0.4, -0.2) is 23.1 Å². The zero-order valence-electron chi connectivity index (χ0n) is 9.95. The Bertz CT molecular complexity index is 385. The number of likely N-dealkylation sites (N-methyl/N-ethyl adjacent to an activating group) is 1. The van der Waals surface area contributed by atoms with Gasteiger partial charge >= 0.3 is 0 Å². The Morgan fingerprint density at radius 1 is 1.33 bits per heavy atom. The normalized spacial score (nSPS) is 23.5. The van der Waals surface area contributed by atoms with Crippen molar-refractivity contribution in [2.24, 2.45) is 0 Å². The van der Waals surface area contributed by atoms with Crippen molar-refractivity contribution in [2.45, 2.75) is 44.7 Å². The maximum absolute atomic E-state index is 2.57. The standard InChI is InChI=1S/C13H20N2/c1-10(2)11-6-12-8-14(3)9-13(4-5-13)15(12)7-11/h6-7,10H,4-5,8-9H2,1-3H3. The van der Waals surface area contributed by atoms with Crippen LogP contribution in [0.15, 0.2) is 12.3 Å². The minimum Gasteiger partial charge on any atom is -0.343 e. The van der Waals surface area contributed by atoms with E-state index in [0.29, 0.717) is 11.5 Å². The first-order chi connectivity index (χ1) is 7.11. The van der Waals surface area contributed by atoms with E-state index in [0.717, 1.165) is 6.54 Å². The third-order valence-electron chi connectivity index (χ3n) is 3.92. The van der Waals surface area contributed by atoms with Crippen LogP contribution in [0.2, 0.25) is 0 Å². The van der Waals surface area contributed by atoms with Crippen molar-refractivity contribution in [3.05, 3.63) is 23.5 Å². The number of fused-ring (bicyclic) bond motifs is 2. The lowest BCUT2D eigenvalue weighted by atomic mass is 10.1. The third kappa shape index (κ3) is 1.35. The van der Waals surface area contributed by atoms with Gasteiger partial charge in [0.25, 0.3) is 0 Å². The summed E-state index contributed by atoms with van der Waals surface area (Å²) in [6.07, 6.45) is 5.15. The first-order valence-electron chi connectivity index (χ1n) is 6.01. The molecule has 0 unspecified atom stereocenters. The fourth-order valence-corrected chi connectivity index (χ4v) is 2.86. The highest BCUT2D eigenvalue weighted by Gasteiger charge is 2.48. The molecule has 0 N–H and O–H groups in total. The van der Waals surface area contributed by atoms with Crippen molar-refractivity contribution >= 4 is 0 Å². The van der Waals surface area contributed by atoms with E-state index in [-0.39, 0.29) is 0 Å². The molecule has 15 heavy (non-hydrogen) atoms. The van der Waals surface area contributed by atoms with Crippen LogP contribution in [0.5, 0.6) is 0 Å². The minimum atomic E-state index is 0.482. The molecule has 2 heterocycles. The maximum atomic E-state index is 2.57. The van der Waals surface area contributed by atoms with Gasteiger partial charge in [0.15, 0.2) is 0 Å². The van der Waals surface area contributed by atoms with Crippen molar-refractivity contribution in [3.8, 4) is 0 Å². The minimum absolute atomic E-state index is 0.482. The zero-order chi connectivity index (χ0) is 10.6. The summed E-state index contributed by atoms with van der Waals surface area (Å²) >= 11 is 0. The zero-order valence-corrected chi connectivity index (χ0v) is 9.95. The molecule has 0 radical (unpaired) electrons. The third-order valence-corrected chi connectivity index (χ3v) is 3.92. The number of nitrogens with zero attached hydrogens (tertiary/aromatic N) is 2. The molecule has 1 aliphatic carbocycles. The smallest absolute Gasteiger partial charge is 0.0571 e. The lowest BCUT2D eigenvalue weighted by Gasteiger charge is -2.32. The SMILES string of the molecule is CC(C)c1cc2n(c1)C1(CC1)CN(C)C2. The van der Waals surface area contributed by atoms with Gasteiger partial charge in [-0.25, -0.2) is 0 Å². The summed E-state index contributed by atoms with van der Waals surface area (Å²) in [6.45, 7) is 6.93. The topological polar surface area (TPSA) is 8.17 Å². The van der Waals surface area contributed by atoms with Gasteiger partial charge in [-0.1, -0.05) is 13.8 Å².